The summed E-state index contributed by atoms with van der Waals surface area (Å²) < 4.78 is 40.1. The third-order valence-electron chi connectivity index (χ3n) is 6.70. The number of hydrogen-bond donors (Lipinski definition) is 1. The number of alkyl halides is 3. The van der Waals surface area contributed by atoms with Crippen molar-refractivity contribution in [1.29, 1.82) is 0 Å². The second-order valence-corrected chi connectivity index (χ2v) is 10.9. The van der Waals surface area contributed by atoms with Gasteiger partial charge < -0.3 is 15.1 Å². The Labute approximate surface area is 211 Å². The second kappa shape index (κ2) is 9.84. The van der Waals surface area contributed by atoms with E-state index in [-0.39, 0.29) is 24.0 Å². The molecule has 1 fully saturated rings. The van der Waals surface area contributed by atoms with E-state index in [2.05, 4.69) is 10.3 Å². The maximum atomic E-state index is 14.0. The van der Waals surface area contributed by atoms with Crippen molar-refractivity contribution in [3.8, 4) is 0 Å². The Morgan fingerprint density at radius 1 is 1.19 bits per heavy atom. The second-order valence-electron chi connectivity index (χ2n) is 10.0. The van der Waals surface area contributed by atoms with Crippen LogP contribution < -0.4 is 5.32 Å². The summed E-state index contributed by atoms with van der Waals surface area (Å²) in [4.78, 5) is 46.9. The first-order chi connectivity index (χ1) is 16.9. The molecule has 4 rings (SSSR count). The molecule has 3 atom stereocenters. The van der Waals surface area contributed by atoms with E-state index in [9.17, 15) is 27.6 Å². The number of likely N-dealkylation sites (N-methyl/N-ethyl adjacent to an activating group) is 1. The van der Waals surface area contributed by atoms with E-state index in [1.807, 2.05) is 38.1 Å². The van der Waals surface area contributed by atoms with Crippen molar-refractivity contribution in [3.05, 3.63) is 51.5 Å². The van der Waals surface area contributed by atoms with E-state index in [4.69, 9.17) is 0 Å². The summed E-state index contributed by atoms with van der Waals surface area (Å²) in [5, 5.41) is 2.93. The number of carbonyl (C=O) groups excluding carboxylic acids is 3. The van der Waals surface area contributed by atoms with E-state index < -0.39 is 47.0 Å². The largest absolute Gasteiger partial charge is 0.443 e. The van der Waals surface area contributed by atoms with Gasteiger partial charge in [-0.3, -0.25) is 14.4 Å². The molecular formula is C25H29F3N4O3S. The van der Waals surface area contributed by atoms with Gasteiger partial charge >= 0.3 is 6.18 Å². The normalized spacial score (nSPS) is 21.5. The van der Waals surface area contributed by atoms with Crippen LogP contribution in [0.4, 0.5) is 13.2 Å². The lowest BCUT2D eigenvalue weighted by Gasteiger charge is -2.44. The highest BCUT2D eigenvalue weighted by molar-refractivity contribution is 7.09. The minimum Gasteiger partial charge on any atom is -0.347 e. The van der Waals surface area contributed by atoms with Crippen molar-refractivity contribution in [3.63, 3.8) is 0 Å². The standard InChI is InChI=1S/C25H29F3N4O3S/c1-13(2)9-18-21(33)30-19(16-10-14-7-5-6-8-15(14)11-16)22(34)32(18)20(23(35)31(3)4)17-12-36-24(29-17)25(26,27)28/h5-8,12-13,16,18-20H,9-11H2,1-4H3,(H,30,33). The lowest BCUT2D eigenvalue weighted by molar-refractivity contribution is -0.160. The fraction of sp³-hybridized carbons (Fsp3) is 0.520. The number of halogens is 3. The number of rotatable bonds is 6. The molecule has 0 saturated carbocycles. The number of aromatic nitrogens is 1. The van der Waals surface area contributed by atoms with Crippen molar-refractivity contribution < 1.29 is 27.6 Å². The molecule has 194 valence electrons. The molecule has 2 aliphatic rings. The molecule has 0 spiro atoms. The summed E-state index contributed by atoms with van der Waals surface area (Å²) in [5.41, 5.74) is 2.00. The Morgan fingerprint density at radius 2 is 1.81 bits per heavy atom. The van der Waals surface area contributed by atoms with Crippen LogP contribution in [0.3, 0.4) is 0 Å². The fourth-order valence-electron chi connectivity index (χ4n) is 5.05. The summed E-state index contributed by atoms with van der Waals surface area (Å²) in [5.74, 6) is -1.73. The van der Waals surface area contributed by atoms with Crippen LogP contribution in [-0.2, 0) is 33.4 Å². The maximum Gasteiger partial charge on any atom is 0.443 e. The minimum absolute atomic E-state index is 0.0142. The average molecular weight is 523 g/mol. The summed E-state index contributed by atoms with van der Waals surface area (Å²) in [6.07, 6.45) is -3.27. The van der Waals surface area contributed by atoms with Crippen molar-refractivity contribution >= 4 is 29.1 Å². The van der Waals surface area contributed by atoms with Gasteiger partial charge in [0.2, 0.25) is 11.8 Å². The van der Waals surface area contributed by atoms with Gasteiger partial charge in [0.05, 0.1) is 5.69 Å². The molecule has 1 aromatic carbocycles. The molecule has 36 heavy (non-hydrogen) atoms. The molecule has 1 aromatic heterocycles. The lowest BCUT2D eigenvalue weighted by atomic mass is 9.88. The van der Waals surface area contributed by atoms with Gasteiger partial charge in [-0.05, 0) is 42.2 Å². The number of nitrogens with one attached hydrogen (secondary N) is 1. The Hall–Kier alpha value is -2.95. The van der Waals surface area contributed by atoms with Crippen LogP contribution in [0.2, 0.25) is 0 Å². The third-order valence-corrected chi connectivity index (χ3v) is 7.61. The SMILES string of the molecule is CC(C)CC1C(=O)NC(C2Cc3ccccc3C2)C(=O)N1C(C(=O)N(C)C)c1csc(C(F)(F)F)n1. The average Bonchev–Trinajstić information content (AvgIpc) is 3.45. The van der Waals surface area contributed by atoms with Gasteiger partial charge in [-0.1, -0.05) is 38.1 Å². The zero-order valence-corrected chi connectivity index (χ0v) is 21.3. The number of fused-ring (bicyclic) bond motifs is 1. The van der Waals surface area contributed by atoms with Crippen LogP contribution in [0.15, 0.2) is 29.6 Å². The number of nitrogens with zero attached hydrogens (tertiary/aromatic N) is 3. The summed E-state index contributed by atoms with van der Waals surface area (Å²) in [6.45, 7) is 3.76. The molecule has 3 unspecified atom stereocenters. The lowest BCUT2D eigenvalue weighted by Crippen LogP contribution is -2.67. The molecule has 0 radical (unpaired) electrons. The number of benzene rings is 1. The van der Waals surface area contributed by atoms with Crippen LogP contribution in [0, 0.1) is 11.8 Å². The minimum atomic E-state index is -4.69. The van der Waals surface area contributed by atoms with Crippen molar-refractivity contribution in [1.82, 2.24) is 20.1 Å². The zero-order chi connectivity index (χ0) is 26.4. The van der Waals surface area contributed by atoms with Crippen LogP contribution in [-0.4, -0.2) is 58.7 Å². The number of carbonyl (C=O) groups is 3. The highest BCUT2D eigenvalue weighted by atomic mass is 32.1. The third kappa shape index (κ3) is 4.98. The highest BCUT2D eigenvalue weighted by Crippen LogP contribution is 2.38. The van der Waals surface area contributed by atoms with E-state index in [1.165, 1.54) is 23.9 Å². The number of thiazole rings is 1. The molecular weight excluding hydrogens is 493 g/mol. The van der Waals surface area contributed by atoms with Gasteiger partial charge in [0, 0.05) is 19.5 Å². The van der Waals surface area contributed by atoms with Crippen LogP contribution in [0.1, 0.15) is 48.1 Å². The van der Waals surface area contributed by atoms with E-state index in [0.717, 1.165) is 16.5 Å². The van der Waals surface area contributed by atoms with E-state index in [1.54, 1.807) is 0 Å². The predicted octanol–water partition coefficient (Wildman–Crippen LogP) is 3.45. The van der Waals surface area contributed by atoms with Gasteiger partial charge in [-0.15, -0.1) is 11.3 Å². The Kier molecular flexibility index (Phi) is 7.14. The monoisotopic (exact) mass is 522 g/mol. The van der Waals surface area contributed by atoms with Crippen LogP contribution >= 0.6 is 11.3 Å². The first-order valence-corrected chi connectivity index (χ1v) is 12.7. The van der Waals surface area contributed by atoms with Crippen molar-refractivity contribution in [2.75, 3.05) is 14.1 Å². The fourth-order valence-corrected chi connectivity index (χ4v) is 5.75. The first-order valence-electron chi connectivity index (χ1n) is 11.8. The smallest absolute Gasteiger partial charge is 0.347 e. The molecule has 1 aliphatic carbocycles. The van der Waals surface area contributed by atoms with Gasteiger partial charge in [0.1, 0.15) is 12.1 Å². The number of hydrogen-bond acceptors (Lipinski definition) is 5. The molecule has 11 heteroatoms. The zero-order valence-electron chi connectivity index (χ0n) is 20.5. The topological polar surface area (TPSA) is 82.6 Å². The first kappa shape index (κ1) is 26.1. The van der Waals surface area contributed by atoms with Crippen LogP contribution in [0.25, 0.3) is 0 Å². The Morgan fingerprint density at radius 3 is 2.31 bits per heavy atom. The Balaban J connectivity index is 1.76. The summed E-state index contributed by atoms with van der Waals surface area (Å²) in [7, 11) is 2.92. The predicted molar refractivity (Wildman–Crippen MR) is 128 cm³/mol. The molecule has 1 aliphatic heterocycles. The van der Waals surface area contributed by atoms with Gasteiger partial charge in [-0.2, -0.15) is 13.2 Å². The molecule has 1 N–H and O–H groups in total. The number of piperazine rings is 1. The summed E-state index contributed by atoms with van der Waals surface area (Å²) in [6, 6.07) is 4.45. The quantitative estimate of drug-likeness (QED) is 0.630. The van der Waals surface area contributed by atoms with E-state index >= 15 is 0 Å². The van der Waals surface area contributed by atoms with Gasteiger partial charge in [0.15, 0.2) is 11.0 Å². The molecule has 7 nitrogen and oxygen atoms in total. The molecule has 2 aromatic rings. The van der Waals surface area contributed by atoms with Crippen LogP contribution in [0.5, 0.6) is 0 Å². The Bertz CT molecular complexity index is 1140. The van der Waals surface area contributed by atoms with Crippen molar-refractivity contribution in [2.24, 2.45) is 11.8 Å². The highest BCUT2D eigenvalue weighted by Gasteiger charge is 2.50. The maximum absolute atomic E-state index is 14.0. The van der Waals surface area contributed by atoms with Gasteiger partial charge in [-0.25, -0.2) is 4.98 Å². The van der Waals surface area contributed by atoms with Gasteiger partial charge in [0.25, 0.3) is 5.91 Å². The molecule has 0 bridgehead atoms. The molecule has 1 saturated heterocycles. The summed E-state index contributed by atoms with van der Waals surface area (Å²) >= 11 is 0.367. The number of amides is 3. The molecule has 3 amide bonds. The van der Waals surface area contributed by atoms with Crippen molar-refractivity contribution in [2.45, 2.75) is 57.4 Å². The van der Waals surface area contributed by atoms with E-state index in [0.29, 0.717) is 24.2 Å². The molecule has 2 heterocycles.